The second-order valence-electron chi connectivity index (χ2n) is 3.97. The van der Waals surface area contributed by atoms with E-state index in [1.54, 1.807) is 0 Å². The van der Waals surface area contributed by atoms with Crippen LogP contribution in [-0.2, 0) is 4.79 Å². The van der Waals surface area contributed by atoms with Gasteiger partial charge in [0.1, 0.15) is 5.78 Å². The fraction of sp³-hybridized carbons (Fsp3) is 0.700. The maximum atomic E-state index is 11.5. The first-order valence-corrected chi connectivity index (χ1v) is 4.28. The van der Waals surface area contributed by atoms with Gasteiger partial charge in [0.25, 0.3) is 0 Å². The van der Waals surface area contributed by atoms with Crippen LogP contribution >= 0.6 is 0 Å². The third-order valence-corrected chi connectivity index (χ3v) is 2.04. The number of allylic oxidation sites excluding steroid dienone is 1. The van der Waals surface area contributed by atoms with Gasteiger partial charge in [-0.2, -0.15) is 0 Å². The molecule has 70 valence electrons. The van der Waals surface area contributed by atoms with Crippen LogP contribution in [0.4, 0.5) is 0 Å². The molecule has 0 aromatic rings. The van der Waals surface area contributed by atoms with E-state index in [1.807, 2.05) is 20.8 Å². The highest BCUT2D eigenvalue weighted by Crippen LogP contribution is 2.18. The lowest BCUT2D eigenvalue weighted by molar-refractivity contribution is -0.126. The Morgan fingerprint density at radius 3 is 2.25 bits per heavy atom. The van der Waals surface area contributed by atoms with E-state index in [1.165, 1.54) is 0 Å². The molecule has 2 heteroatoms. The van der Waals surface area contributed by atoms with Gasteiger partial charge in [-0.05, 0) is 13.3 Å². The molecular weight excluding hydrogens is 150 g/mol. The summed E-state index contributed by atoms with van der Waals surface area (Å²) in [5.74, 6) is 0.230. The predicted octanol–water partition coefficient (Wildman–Crippen LogP) is 1.90. The van der Waals surface area contributed by atoms with E-state index in [0.717, 1.165) is 12.0 Å². The lowest BCUT2D eigenvalue weighted by Gasteiger charge is -2.20. The number of hydrogen-bond donors (Lipinski definition) is 1. The molecular formula is C10H19NO. The van der Waals surface area contributed by atoms with Crippen LogP contribution in [0.2, 0.25) is 0 Å². The molecule has 0 unspecified atom stereocenters. The number of rotatable bonds is 5. The molecule has 0 saturated heterocycles. The minimum atomic E-state index is -0.366. The Hall–Kier alpha value is -0.630. The molecule has 0 heterocycles. The van der Waals surface area contributed by atoms with Gasteiger partial charge in [-0.25, -0.2) is 0 Å². The Morgan fingerprint density at radius 1 is 1.42 bits per heavy atom. The van der Waals surface area contributed by atoms with Crippen molar-refractivity contribution in [3.63, 3.8) is 0 Å². The smallest absolute Gasteiger partial charge is 0.140 e. The van der Waals surface area contributed by atoms with Crippen molar-refractivity contribution in [3.8, 4) is 0 Å². The van der Waals surface area contributed by atoms with Gasteiger partial charge in [0.2, 0.25) is 0 Å². The number of carbonyl (C=O) groups is 1. The van der Waals surface area contributed by atoms with Crippen molar-refractivity contribution in [1.82, 2.24) is 0 Å². The van der Waals surface area contributed by atoms with E-state index >= 15 is 0 Å². The van der Waals surface area contributed by atoms with Crippen LogP contribution in [-0.4, -0.2) is 12.3 Å². The summed E-state index contributed by atoms with van der Waals surface area (Å²) in [5.41, 5.74) is 6.16. The molecule has 0 atom stereocenters. The van der Waals surface area contributed by atoms with E-state index in [-0.39, 0.29) is 11.2 Å². The summed E-state index contributed by atoms with van der Waals surface area (Å²) < 4.78 is 0. The Kier molecular flexibility index (Phi) is 4.18. The molecule has 0 aliphatic heterocycles. The van der Waals surface area contributed by atoms with Crippen LogP contribution in [0.3, 0.4) is 0 Å². The monoisotopic (exact) mass is 169 g/mol. The van der Waals surface area contributed by atoms with Crippen molar-refractivity contribution in [1.29, 1.82) is 0 Å². The van der Waals surface area contributed by atoms with E-state index in [0.29, 0.717) is 13.0 Å². The molecule has 0 spiro atoms. The standard InChI is InChI=1S/C10H19NO/c1-8(2)5-6-9(12)10(3,4)7-11/h1,5-7,11H2,2-4H3. The average molecular weight is 169 g/mol. The molecule has 0 aromatic heterocycles. The van der Waals surface area contributed by atoms with Crippen molar-refractivity contribution >= 4 is 5.78 Å². The van der Waals surface area contributed by atoms with Crippen molar-refractivity contribution in [2.75, 3.05) is 6.54 Å². The van der Waals surface area contributed by atoms with Gasteiger partial charge in [0.15, 0.2) is 0 Å². The predicted molar refractivity (Wildman–Crippen MR) is 51.9 cm³/mol. The number of ketones is 1. The number of nitrogens with two attached hydrogens (primary N) is 1. The summed E-state index contributed by atoms with van der Waals surface area (Å²) >= 11 is 0. The summed E-state index contributed by atoms with van der Waals surface area (Å²) in [5, 5.41) is 0. The quantitative estimate of drug-likeness (QED) is 0.639. The molecule has 2 nitrogen and oxygen atoms in total. The first-order valence-electron chi connectivity index (χ1n) is 4.28. The zero-order valence-electron chi connectivity index (χ0n) is 8.31. The van der Waals surface area contributed by atoms with Gasteiger partial charge in [0.05, 0.1) is 0 Å². The maximum absolute atomic E-state index is 11.5. The lowest BCUT2D eigenvalue weighted by Crippen LogP contribution is -2.32. The van der Waals surface area contributed by atoms with Crippen LogP contribution in [0, 0.1) is 5.41 Å². The molecule has 0 rings (SSSR count). The molecule has 0 aliphatic carbocycles. The maximum Gasteiger partial charge on any atom is 0.140 e. The molecule has 0 fully saturated rings. The van der Waals surface area contributed by atoms with E-state index in [9.17, 15) is 4.79 Å². The van der Waals surface area contributed by atoms with Crippen molar-refractivity contribution in [3.05, 3.63) is 12.2 Å². The van der Waals surface area contributed by atoms with Gasteiger partial charge >= 0.3 is 0 Å². The molecule has 0 aliphatic rings. The molecule has 0 radical (unpaired) electrons. The highest BCUT2D eigenvalue weighted by Gasteiger charge is 2.24. The van der Waals surface area contributed by atoms with Crippen LogP contribution in [0.25, 0.3) is 0 Å². The first-order chi connectivity index (χ1) is 5.40. The van der Waals surface area contributed by atoms with Gasteiger partial charge in [-0.3, -0.25) is 4.79 Å². The van der Waals surface area contributed by atoms with Crippen molar-refractivity contribution in [2.45, 2.75) is 33.6 Å². The number of Topliss-reactive ketones (excluding diaryl/α,β-unsaturated/α-hetero) is 1. The van der Waals surface area contributed by atoms with Crippen molar-refractivity contribution < 1.29 is 4.79 Å². The van der Waals surface area contributed by atoms with Crippen LogP contribution < -0.4 is 5.73 Å². The Labute approximate surface area is 74.8 Å². The largest absolute Gasteiger partial charge is 0.329 e. The van der Waals surface area contributed by atoms with Crippen molar-refractivity contribution in [2.24, 2.45) is 11.1 Å². The molecule has 2 N–H and O–H groups in total. The summed E-state index contributed by atoms with van der Waals surface area (Å²) in [6.45, 7) is 9.87. The second-order valence-corrected chi connectivity index (χ2v) is 3.97. The first kappa shape index (κ1) is 11.4. The Morgan fingerprint density at radius 2 is 1.92 bits per heavy atom. The Bertz CT molecular complexity index is 182. The highest BCUT2D eigenvalue weighted by atomic mass is 16.1. The minimum Gasteiger partial charge on any atom is -0.329 e. The van der Waals surface area contributed by atoms with Gasteiger partial charge in [0, 0.05) is 18.4 Å². The fourth-order valence-corrected chi connectivity index (χ4v) is 0.779. The topological polar surface area (TPSA) is 43.1 Å². The van der Waals surface area contributed by atoms with Crippen LogP contribution in [0.15, 0.2) is 12.2 Å². The number of carbonyl (C=O) groups excluding carboxylic acids is 1. The molecule has 0 aromatic carbocycles. The van der Waals surface area contributed by atoms with Crippen LogP contribution in [0.5, 0.6) is 0 Å². The summed E-state index contributed by atoms with van der Waals surface area (Å²) in [7, 11) is 0. The molecule has 0 amide bonds. The van der Waals surface area contributed by atoms with E-state index in [4.69, 9.17) is 5.73 Å². The summed E-state index contributed by atoms with van der Waals surface area (Å²) in [6, 6.07) is 0. The highest BCUT2D eigenvalue weighted by molar-refractivity contribution is 5.84. The fourth-order valence-electron chi connectivity index (χ4n) is 0.779. The van der Waals surface area contributed by atoms with Gasteiger partial charge < -0.3 is 5.73 Å². The normalized spacial score (nSPS) is 11.3. The summed E-state index contributed by atoms with van der Waals surface area (Å²) in [6.07, 6.45) is 1.35. The molecule has 0 saturated carbocycles. The average Bonchev–Trinajstić information content (AvgIpc) is 2.00. The molecule has 0 bridgehead atoms. The van der Waals surface area contributed by atoms with Crippen LogP contribution in [0.1, 0.15) is 33.6 Å². The zero-order chi connectivity index (χ0) is 9.78. The zero-order valence-corrected chi connectivity index (χ0v) is 8.31. The Balaban J connectivity index is 3.96. The second kappa shape index (κ2) is 4.41. The SMILES string of the molecule is C=C(C)CCC(=O)C(C)(C)CN. The van der Waals surface area contributed by atoms with E-state index < -0.39 is 0 Å². The van der Waals surface area contributed by atoms with E-state index in [2.05, 4.69) is 6.58 Å². The third-order valence-electron chi connectivity index (χ3n) is 2.04. The summed E-state index contributed by atoms with van der Waals surface area (Å²) in [4.78, 5) is 11.5. The third kappa shape index (κ3) is 3.67. The minimum absolute atomic E-state index is 0.230. The van der Waals surface area contributed by atoms with Gasteiger partial charge in [-0.1, -0.05) is 19.4 Å². The lowest BCUT2D eigenvalue weighted by atomic mass is 9.85. The number of hydrogen-bond acceptors (Lipinski definition) is 2. The molecule has 12 heavy (non-hydrogen) atoms. The van der Waals surface area contributed by atoms with Gasteiger partial charge in [-0.15, -0.1) is 6.58 Å².